The molecule has 4 rings (SSSR count). The van der Waals surface area contributed by atoms with Gasteiger partial charge in [-0.05, 0) is 25.0 Å². The second kappa shape index (κ2) is 8.33. The van der Waals surface area contributed by atoms with Gasteiger partial charge >= 0.3 is 0 Å². The lowest BCUT2D eigenvalue weighted by molar-refractivity contribution is -0.144. The first-order valence-electron chi connectivity index (χ1n) is 10.6. The Labute approximate surface area is 166 Å². The highest BCUT2D eigenvalue weighted by molar-refractivity contribution is 6.00. The molecule has 3 amide bonds. The SMILES string of the molecule is O=C(C1CCCCC1)N1CCN(C(=O)[C@H]2CC(=O)N(c3ccccc3)C2)CC1. The summed E-state index contributed by atoms with van der Waals surface area (Å²) in [7, 11) is 0. The standard InChI is InChI=1S/C22H29N3O3/c26-20-15-18(16-25(20)19-9-5-2-6-10-19)22(28)24-13-11-23(12-14-24)21(27)17-7-3-1-4-8-17/h2,5-6,9-10,17-18H,1,3-4,7-8,11-16H2/t18-/m0/s1. The van der Waals surface area contributed by atoms with Crippen LogP contribution in [0.1, 0.15) is 38.5 Å². The van der Waals surface area contributed by atoms with Gasteiger partial charge in [0.2, 0.25) is 17.7 Å². The molecular formula is C22H29N3O3. The quantitative estimate of drug-likeness (QED) is 0.805. The Kier molecular flexibility index (Phi) is 5.64. The van der Waals surface area contributed by atoms with E-state index in [9.17, 15) is 14.4 Å². The molecule has 0 bridgehead atoms. The van der Waals surface area contributed by atoms with Crippen molar-refractivity contribution in [1.29, 1.82) is 0 Å². The van der Waals surface area contributed by atoms with Gasteiger partial charge in [-0.2, -0.15) is 0 Å². The fraction of sp³-hybridized carbons (Fsp3) is 0.591. The Morgan fingerprint density at radius 1 is 0.786 bits per heavy atom. The maximum atomic E-state index is 12.9. The third kappa shape index (κ3) is 3.91. The molecule has 0 spiro atoms. The van der Waals surface area contributed by atoms with Gasteiger partial charge in [0.25, 0.3) is 0 Å². The molecule has 1 aliphatic carbocycles. The van der Waals surface area contributed by atoms with Gasteiger partial charge < -0.3 is 14.7 Å². The summed E-state index contributed by atoms with van der Waals surface area (Å²) in [5.74, 6) is 0.237. The van der Waals surface area contributed by atoms with E-state index in [4.69, 9.17) is 0 Å². The third-order valence-electron chi connectivity index (χ3n) is 6.40. The Morgan fingerprint density at radius 3 is 1.96 bits per heavy atom. The van der Waals surface area contributed by atoms with E-state index in [-0.39, 0.29) is 36.0 Å². The smallest absolute Gasteiger partial charge is 0.228 e. The number of nitrogens with zero attached hydrogens (tertiary/aromatic N) is 3. The molecule has 0 aromatic heterocycles. The van der Waals surface area contributed by atoms with Crippen LogP contribution in [-0.4, -0.2) is 60.2 Å². The monoisotopic (exact) mass is 383 g/mol. The molecule has 0 N–H and O–H groups in total. The molecule has 2 saturated heterocycles. The van der Waals surface area contributed by atoms with E-state index in [0.717, 1.165) is 31.4 Å². The van der Waals surface area contributed by atoms with Gasteiger partial charge in [-0.3, -0.25) is 14.4 Å². The van der Waals surface area contributed by atoms with Crippen LogP contribution in [0.3, 0.4) is 0 Å². The van der Waals surface area contributed by atoms with Gasteiger partial charge in [0.15, 0.2) is 0 Å². The molecule has 1 aromatic carbocycles. The number of benzene rings is 1. The van der Waals surface area contributed by atoms with E-state index >= 15 is 0 Å². The molecule has 6 heteroatoms. The summed E-state index contributed by atoms with van der Waals surface area (Å²) in [6.45, 7) is 2.83. The van der Waals surface area contributed by atoms with Gasteiger partial charge in [-0.15, -0.1) is 0 Å². The van der Waals surface area contributed by atoms with Gasteiger partial charge in [0.1, 0.15) is 0 Å². The summed E-state index contributed by atoms with van der Waals surface area (Å²) in [6.07, 6.45) is 5.85. The van der Waals surface area contributed by atoms with Crippen molar-refractivity contribution in [2.24, 2.45) is 11.8 Å². The molecule has 2 aliphatic heterocycles. The summed E-state index contributed by atoms with van der Waals surface area (Å²) in [6, 6.07) is 9.53. The molecule has 0 unspecified atom stereocenters. The van der Waals surface area contributed by atoms with E-state index < -0.39 is 0 Å². The van der Waals surface area contributed by atoms with Gasteiger partial charge in [0.05, 0.1) is 5.92 Å². The topological polar surface area (TPSA) is 60.9 Å². The normalized spacial score (nSPS) is 23.9. The largest absolute Gasteiger partial charge is 0.339 e. The summed E-state index contributed by atoms with van der Waals surface area (Å²) >= 11 is 0. The summed E-state index contributed by atoms with van der Waals surface area (Å²) < 4.78 is 0. The van der Waals surface area contributed by atoms with E-state index in [1.165, 1.54) is 6.42 Å². The highest BCUT2D eigenvalue weighted by Crippen LogP contribution is 2.28. The van der Waals surface area contributed by atoms with Crippen molar-refractivity contribution in [3.05, 3.63) is 30.3 Å². The molecule has 6 nitrogen and oxygen atoms in total. The van der Waals surface area contributed by atoms with Crippen LogP contribution >= 0.6 is 0 Å². The first-order chi connectivity index (χ1) is 13.6. The first kappa shape index (κ1) is 19.0. The maximum absolute atomic E-state index is 12.9. The lowest BCUT2D eigenvalue weighted by atomic mass is 9.88. The number of rotatable bonds is 3. The minimum Gasteiger partial charge on any atom is -0.339 e. The zero-order valence-corrected chi connectivity index (χ0v) is 16.4. The van der Waals surface area contributed by atoms with Crippen LogP contribution in [0.25, 0.3) is 0 Å². The van der Waals surface area contributed by atoms with Crippen molar-refractivity contribution >= 4 is 23.4 Å². The zero-order chi connectivity index (χ0) is 19.5. The van der Waals surface area contributed by atoms with Crippen LogP contribution in [-0.2, 0) is 14.4 Å². The first-order valence-corrected chi connectivity index (χ1v) is 10.6. The van der Waals surface area contributed by atoms with Crippen molar-refractivity contribution in [2.45, 2.75) is 38.5 Å². The molecule has 1 atom stereocenters. The van der Waals surface area contributed by atoms with Crippen LogP contribution in [0.4, 0.5) is 5.69 Å². The molecule has 3 aliphatic rings. The summed E-state index contributed by atoms with van der Waals surface area (Å²) in [5.41, 5.74) is 0.852. The second-order valence-corrected chi connectivity index (χ2v) is 8.23. The lowest BCUT2D eigenvalue weighted by Gasteiger charge is -2.38. The highest BCUT2D eigenvalue weighted by Gasteiger charge is 2.38. The number of carbonyl (C=O) groups is 3. The van der Waals surface area contributed by atoms with E-state index in [0.29, 0.717) is 32.7 Å². The van der Waals surface area contributed by atoms with Crippen molar-refractivity contribution in [3.63, 3.8) is 0 Å². The Morgan fingerprint density at radius 2 is 1.36 bits per heavy atom. The predicted octanol–water partition coefficient (Wildman–Crippen LogP) is 2.29. The van der Waals surface area contributed by atoms with Gasteiger partial charge in [-0.25, -0.2) is 0 Å². The van der Waals surface area contributed by atoms with Crippen LogP contribution < -0.4 is 4.90 Å². The summed E-state index contributed by atoms with van der Waals surface area (Å²) in [5, 5.41) is 0. The van der Waals surface area contributed by atoms with E-state index in [1.807, 2.05) is 40.1 Å². The predicted molar refractivity (Wildman–Crippen MR) is 107 cm³/mol. The minimum atomic E-state index is -0.284. The molecule has 1 aromatic rings. The maximum Gasteiger partial charge on any atom is 0.228 e. The van der Waals surface area contributed by atoms with Crippen LogP contribution in [0.15, 0.2) is 30.3 Å². The number of carbonyl (C=O) groups excluding carboxylic acids is 3. The number of piperazine rings is 1. The molecule has 3 fully saturated rings. The van der Waals surface area contributed by atoms with Crippen LogP contribution in [0.5, 0.6) is 0 Å². The average Bonchev–Trinajstić information content (AvgIpc) is 3.15. The van der Waals surface area contributed by atoms with Gasteiger partial charge in [0, 0.05) is 50.7 Å². The van der Waals surface area contributed by atoms with Crippen molar-refractivity contribution in [1.82, 2.24) is 9.80 Å². The van der Waals surface area contributed by atoms with Crippen molar-refractivity contribution in [3.8, 4) is 0 Å². The third-order valence-corrected chi connectivity index (χ3v) is 6.40. The number of amides is 3. The number of hydrogen-bond acceptors (Lipinski definition) is 3. The number of hydrogen-bond donors (Lipinski definition) is 0. The molecule has 0 radical (unpaired) electrons. The Bertz CT molecular complexity index is 722. The van der Waals surface area contributed by atoms with E-state index in [2.05, 4.69) is 0 Å². The van der Waals surface area contributed by atoms with Crippen molar-refractivity contribution < 1.29 is 14.4 Å². The second-order valence-electron chi connectivity index (χ2n) is 8.23. The van der Waals surface area contributed by atoms with Crippen molar-refractivity contribution in [2.75, 3.05) is 37.6 Å². The number of para-hydroxylation sites is 1. The zero-order valence-electron chi connectivity index (χ0n) is 16.4. The molecule has 1 saturated carbocycles. The minimum absolute atomic E-state index is 0.00987. The molecule has 150 valence electrons. The molecule has 28 heavy (non-hydrogen) atoms. The Hall–Kier alpha value is -2.37. The highest BCUT2D eigenvalue weighted by atomic mass is 16.2. The fourth-order valence-corrected chi connectivity index (χ4v) is 4.74. The lowest BCUT2D eigenvalue weighted by Crippen LogP contribution is -2.53. The Balaban J connectivity index is 1.31. The van der Waals surface area contributed by atoms with Crippen LogP contribution in [0.2, 0.25) is 0 Å². The van der Waals surface area contributed by atoms with Gasteiger partial charge in [-0.1, -0.05) is 37.5 Å². The fourth-order valence-electron chi connectivity index (χ4n) is 4.74. The summed E-state index contributed by atoms with van der Waals surface area (Å²) in [4.78, 5) is 43.5. The van der Waals surface area contributed by atoms with Crippen LogP contribution in [0, 0.1) is 11.8 Å². The average molecular weight is 383 g/mol. The molecule has 2 heterocycles. The number of anilines is 1. The molecular weight excluding hydrogens is 354 g/mol. The van der Waals surface area contributed by atoms with E-state index in [1.54, 1.807) is 4.90 Å².